The monoisotopic (exact) mass is 400 g/mol. The topological polar surface area (TPSA) is 73.7 Å². The summed E-state index contributed by atoms with van der Waals surface area (Å²) in [4.78, 5) is 3.01. The molecule has 1 N–H and O–H groups in total. The number of sulfone groups is 1. The number of aromatic amines is 1. The molecule has 0 bridgehead atoms. The maximum absolute atomic E-state index is 12.7. The van der Waals surface area contributed by atoms with E-state index in [1.165, 1.54) is 18.2 Å². The minimum atomic E-state index is -3.86. The van der Waals surface area contributed by atoms with E-state index in [1.54, 1.807) is 12.1 Å². The summed E-state index contributed by atoms with van der Waals surface area (Å²) >= 11 is 3.27. The van der Waals surface area contributed by atoms with Gasteiger partial charge in [0.05, 0.1) is 4.90 Å². The fourth-order valence-electron chi connectivity index (χ4n) is 2.53. The third kappa shape index (κ3) is 2.88. The number of benzene rings is 2. The lowest BCUT2D eigenvalue weighted by molar-refractivity contribution is 0.603. The molecule has 1 heterocycles. The summed E-state index contributed by atoms with van der Waals surface area (Å²) in [6, 6.07) is 15.6. The summed E-state index contributed by atoms with van der Waals surface area (Å²) in [6.07, 6.45) is 1.44. The number of hydrogen-bond acceptors (Lipinski definition) is 3. The molecule has 0 amide bonds. The van der Waals surface area contributed by atoms with E-state index in [0.717, 1.165) is 21.1 Å². The summed E-state index contributed by atoms with van der Waals surface area (Å²) in [7, 11) is -3.86. The van der Waals surface area contributed by atoms with Crippen LogP contribution in [0.5, 0.6) is 0 Å². The Bertz CT molecular complexity index is 1090. The van der Waals surface area contributed by atoms with Crippen LogP contribution < -0.4 is 0 Å². The van der Waals surface area contributed by atoms with E-state index >= 15 is 0 Å². The van der Waals surface area contributed by atoms with Gasteiger partial charge in [-0.2, -0.15) is 5.26 Å². The van der Waals surface area contributed by atoms with E-state index < -0.39 is 9.84 Å². The van der Waals surface area contributed by atoms with Gasteiger partial charge in [-0.15, -0.1) is 0 Å². The predicted molar refractivity (Wildman–Crippen MR) is 98.0 cm³/mol. The Balaban J connectivity index is 2.17. The van der Waals surface area contributed by atoms with Crippen LogP contribution in [0, 0.1) is 18.3 Å². The molecule has 0 saturated heterocycles. The highest BCUT2D eigenvalue weighted by Gasteiger charge is 2.21. The van der Waals surface area contributed by atoms with Crippen molar-refractivity contribution < 1.29 is 8.42 Å². The molecular formula is C18H13BrN2O2S. The molecule has 0 aliphatic rings. The minimum Gasteiger partial charge on any atom is -0.358 e. The summed E-state index contributed by atoms with van der Waals surface area (Å²) in [5, 5.41) is 10.3. The van der Waals surface area contributed by atoms with Crippen molar-refractivity contribution in [1.82, 2.24) is 4.98 Å². The molecule has 24 heavy (non-hydrogen) atoms. The van der Waals surface area contributed by atoms with Crippen LogP contribution in [0.2, 0.25) is 0 Å². The van der Waals surface area contributed by atoms with Gasteiger partial charge in [-0.1, -0.05) is 34.1 Å². The van der Waals surface area contributed by atoms with Crippen LogP contribution in [-0.2, 0) is 9.84 Å². The lowest BCUT2D eigenvalue weighted by Gasteiger charge is -2.03. The first kappa shape index (κ1) is 16.5. The second-order valence-corrected chi connectivity index (χ2v) is 8.12. The number of H-pyrrole nitrogens is 1. The molecule has 6 heteroatoms. The number of nitriles is 1. The van der Waals surface area contributed by atoms with Crippen molar-refractivity contribution in [1.29, 1.82) is 5.26 Å². The second-order valence-electron chi connectivity index (χ2n) is 5.29. The molecule has 0 aliphatic heterocycles. The lowest BCUT2D eigenvalue weighted by Crippen LogP contribution is -2.03. The van der Waals surface area contributed by atoms with Gasteiger partial charge in [0.2, 0.25) is 9.84 Å². The zero-order valence-corrected chi connectivity index (χ0v) is 15.1. The van der Waals surface area contributed by atoms with Gasteiger partial charge in [-0.05, 0) is 43.3 Å². The molecular weight excluding hydrogens is 388 g/mol. The number of rotatable bonds is 3. The number of halogens is 1. The zero-order chi connectivity index (χ0) is 17.3. The second kappa shape index (κ2) is 6.27. The van der Waals surface area contributed by atoms with Crippen LogP contribution in [0.3, 0.4) is 0 Å². The maximum atomic E-state index is 12.7. The number of aromatic nitrogens is 1. The van der Waals surface area contributed by atoms with Crippen molar-refractivity contribution in [2.75, 3.05) is 0 Å². The molecule has 0 fully saturated rings. The first-order valence-electron chi connectivity index (χ1n) is 7.13. The van der Waals surface area contributed by atoms with Crippen LogP contribution in [-0.4, -0.2) is 13.4 Å². The van der Waals surface area contributed by atoms with Crippen LogP contribution in [0.1, 0.15) is 11.3 Å². The summed E-state index contributed by atoms with van der Waals surface area (Å²) in [6.45, 7) is 1.85. The van der Waals surface area contributed by atoms with Crippen molar-refractivity contribution >= 4 is 42.7 Å². The third-order valence-corrected chi connectivity index (χ3v) is 5.95. The van der Waals surface area contributed by atoms with Crippen molar-refractivity contribution in [3.63, 3.8) is 0 Å². The highest BCUT2D eigenvalue weighted by molar-refractivity contribution is 9.10. The predicted octanol–water partition coefficient (Wildman–Crippen LogP) is 4.58. The summed E-state index contributed by atoms with van der Waals surface area (Å²) in [5.74, 6) is 0. The van der Waals surface area contributed by atoms with E-state index in [4.69, 9.17) is 0 Å². The number of para-hydroxylation sites is 1. The van der Waals surface area contributed by atoms with E-state index in [1.807, 2.05) is 37.3 Å². The summed E-state index contributed by atoms with van der Waals surface area (Å²) in [5.41, 5.74) is 2.43. The molecule has 0 spiro atoms. The van der Waals surface area contributed by atoms with Crippen LogP contribution in [0.25, 0.3) is 17.0 Å². The average molecular weight is 401 g/mol. The van der Waals surface area contributed by atoms with Crippen molar-refractivity contribution in [2.24, 2.45) is 0 Å². The van der Waals surface area contributed by atoms with Gasteiger partial charge in [0.25, 0.3) is 0 Å². The number of nitrogens with zero attached hydrogens (tertiary/aromatic N) is 1. The van der Waals surface area contributed by atoms with Gasteiger partial charge in [0, 0.05) is 26.6 Å². The van der Waals surface area contributed by atoms with Crippen LogP contribution in [0.4, 0.5) is 0 Å². The highest BCUT2D eigenvalue weighted by atomic mass is 79.9. The molecule has 3 rings (SSSR count). The van der Waals surface area contributed by atoms with Crippen molar-refractivity contribution in [3.8, 4) is 6.07 Å². The molecule has 0 saturated carbocycles. The SMILES string of the molecule is Cc1[nH]c2ccccc2c1/C=C(\C#N)S(=O)(=O)c1ccc(Br)cc1. The first-order valence-corrected chi connectivity index (χ1v) is 9.41. The van der Waals surface area contributed by atoms with Gasteiger partial charge >= 0.3 is 0 Å². The number of fused-ring (bicyclic) bond motifs is 1. The van der Waals surface area contributed by atoms with Gasteiger partial charge in [-0.3, -0.25) is 0 Å². The molecule has 120 valence electrons. The molecule has 0 radical (unpaired) electrons. The smallest absolute Gasteiger partial charge is 0.216 e. The summed E-state index contributed by atoms with van der Waals surface area (Å²) < 4.78 is 26.2. The molecule has 2 aromatic carbocycles. The quantitative estimate of drug-likeness (QED) is 0.653. The van der Waals surface area contributed by atoms with Crippen LogP contribution >= 0.6 is 15.9 Å². The Kier molecular flexibility index (Phi) is 4.31. The Labute approximate surface area is 148 Å². The fraction of sp³-hybridized carbons (Fsp3) is 0.0556. The maximum Gasteiger partial charge on any atom is 0.216 e. The normalized spacial score (nSPS) is 12.3. The number of allylic oxidation sites excluding steroid dienone is 1. The Hall–Kier alpha value is -2.36. The Morgan fingerprint density at radius 3 is 2.50 bits per heavy atom. The van der Waals surface area contributed by atoms with Crippen LogP contribution in [0.15, 0.2) is 62.8 Å². The van der Waals surface area contributed by atoms with Gasteiger partial charge in [0.15, 0.2) is 0 Å². The van der Waals surface area contributed by atoms with E-state index in [2.05, 4.69) is 20.9 Å². The minimum absolute atomic E-state index is 0.0935. The first-order chi connectivity index (χ1) is 11.4. The Morgan fingerprint density at radius 2 is 1.83 bits per heavy atom. The Morgan fingerprint density at radius 1 is 1.17 bits per heavy atom. The molecule has 3 aromatic rings. The highest BCUT2D eigenvalue weighted by Crippen LogP contribution is 2.28. The fourth-order valence-corrected chi connectivity index (χ4v) is 3.93. The standard InChI is InChI=1S/C18H13BrN2O2S/c1-12-17(16-4-2-3-5-18(16)21-12)10-15(11-20)24(22,23)14-8-6-13(19)7-9-14/h2-10,21H,1H3/b15-10+. The average Bonchev–Trinajstić information content (AvgIpc) is 2.88. The van der Waals surface area contributed by atoms with Gasteiger partial charge < -0.3 is 4.98 Å². The van der Waals surface area contributed by atoms with Crippen molar-refractivity contribution in [3.05, 3.63) is 69.2 Å². The number of hydrogen-bond donors (Lipinski definition) is 1. The number of nitrogens with one attached hydrogen (secondary N) is 1. The lowest BCUT2D eigenvalue weighted by atomic mass is 10.1. The molecule has 4 nitrogen and oxygen atoms in total. The van der Waals surface area contributed by atoms with Gasteiger partial charge in [-0.25, -0.2) is 8.42 Å². The molecule has 0 atom stereocenters. The van der Waals surface area contributed by atoms with E-state index in [9.17, 15) is 13.7 Å². The number of aryl methyl sites for hydroxylation is 1. The largest absolute Gasteiger partial charge is 0.358 e. The van der Waals surface area contributed by atoms with E-state index in [-0.39, 0.29) is 9.80 Å². The molecule has 1 aromatic heterocycles. The molecule has 0 unspecified atom stereocenters. The van der Waals surface area contributed by atoms with Gasteiger partial charge in [0.1, 0.15) is 11.0 Å². The van der Waals surface area contributed by atoms with Crippen molar-refractivity contribution in [2.45, 2.75) is 11.8 Å². The third-order valence-electron chi connectivity index (χ3n) is 3.74. The van der Waals surface area contributed by atoms with E-state index in [0.29, 0.717) is 5.56 Å². The molecule has 0 aliphatic carbocycles. The zero-order valence-electron chi connectivity index (χ0n) is 12.7.